The lowest BCUT2D eigenvalue weighted by Crippen LogP contribution is -1.90. The normalized spacial score (nSPS) is 10.5. The summed E-state index contributed by atoms with van der Waals surface area (Å²) in [5.74, 6) is 0.978. The molecule has 0 radical (unpaired) electrons. The first kappa shape index (κ1) is 13.8. The highest BCUT2D eigenvalue weighted by atomic mass is 35.5. The number of benzene rings is 1. The summed E-state index contributed by atoms with van der Waals surface area (Å²) in [6, 6.07) is 4.69. The number of rotatable bonds is 2. The van der Waals surface area contributed by atoms with Crippen LogP contribution in [0.2, 0.25) is 20.2 Å². The molecule has 2 aromatic rings. The minimum Gasteiger partial charge on any atom is -0.455 e. The molecule has 94 valence electrons. The van der Waals surface area contributed by atoms with Crippen LogP contribution in [-0.2, 0) is 0 Å². The Kier molecular flexibility index (Phi) is 4.23. The molecule has 1 heterocycles. The van der Waals surface area contributed by atoms with E-state index in [1.165, 1.54) is 6.07 Å². The molecule has 1 aromatic heterocycles. The van der Waals surface area contributed by atoms with Gasteiger partial charge in [-0.1, -0.05) is 46.4 Å². The average molecular weight is 323 g/mol. The molecule has 18 heavy (non-hydrogen) atoms. The van der Waals surface area contributed by atoms with Crippen molar-refractivity contribution in [3.63, 3.8) is 0 Å². The monoisotopic (exact) mass is 321 g/mol. The minimum absolute atomic E-state index is 0.340. The third-order valence-corrected chi connectivity index (χ3v) is 3.44. The fourth-order valence-corrected chi connectivity index (χ4v) is 2.02. The predicted molar refractivity (Wildman–Crippen MR) is 75.5 cm³/mol. The van der Waals surface area contributed by atoms with Crippen molar-refractivity contribution in [2.45, 2.75) is 6.92 Å². The smallest absolute Gasteiger partial charge is 0.147 e. The molecule has 6 heteroatoms. The van der Waals surface area contributed by atoms with Crippen molar-refractivity contribution in [2.24, 2.45) is 0 Å². The van der Waals surface area contributed by atoms with Gasteiger partial charge in [0.25, 0.3) is 0 Å². The fourth-order valence-electron chi connectivity index (χ4n) is 1.29. The minimum atomic E-state index is 0.340. The van der Waals surface area contributed by atoms with Crippen molar-refractivity contribution in [1.82, 2.24) is 4.98 Å². The predicted octanol–water partition coefficient (Wildman–Crippen LogP) is 5.80. The van der Waals surface area contributed by atoms with Crippen molar-refractivity contribution >= 4 is 46.4 Å². The number of pyridine rings is 1. The molecule has 0 saturated heterocycles. The lowest BCUT2D eigenvalue weighted by Gasteiger charge is -2.11. The second kappa shape index (κ2) is 5.54. The van der Waals surface area contributed by atoms with Crippen molar-refractivity contribution in [2.75, 3.05) is 0 Å². The summed E-state index contributed by atoms with van der Waals surface area (Å²) in [6.45, 7) is 1.85. The molecule has 0 bridgehead atoms. The van der Waals surface area contributed by atoms with Gasteiger partial charge in [0.2, 0.25) is 0 Å². The van der Waals surface area contributed by atoms with Gasteiger partial charge in [0.15, 0.2) is 0 Å². The number of aryl methyl sites for hydroxylation is 1. The maximum atomic E-state index is 6.03. The average Bonchev–Trinajstić information content (AvgIpc) is 2.30. The summed E-state index contributed by atoms with van der Waals surface area (Å²) in [4.78, 5) is 3.94. The Labute approximate surface area is 124 Å². The largest absolute Gasteiger partial charge is 0.455 e. The molecule has 0 unspecified atom stereocenters. The van der Waals surface area contributed by atoms with E-state index in [1.807, 2.05) is 6.92 Å². The number of hydrogen-bond donors (Lipinski definition) is 0. The van der Waals surface area contributed by atoms with Gasteiger partial charge in [-0.05, 0) is 13.0 Å². The standard InChI is InChI=1S/C12H7Cl4NO/c1-6-5-17-12(16)4-10(6)18-11-3-8(14)7(13)2-9(11)15/h2-5H,1H3. The molecule has 0 spiro atoms. The molecule has 2 rings (SSSR count). The molecule has 0 aliphatic rings. The quantitative estimate of drug-likeness (QED) is 0.515. The fraction of sp³-hybridized carbons (Fsp3) is 0.0833. The van der Waals surface area contributed by atoms with Gasteiger partial charge < -0.3 is 4.74 Å². The van der Waals surface area contributed by atoms with Gasteiger partial charge >= 0.3 is 0 Å². The van der Waals surface area contributed by atoms with Gasteiger partial charge in [-0.25, -0.2) is 4.98 Å². The Morgan fingerprint density at radius 3 is 2.28 bits per heavy atom. The maximum Gasteiger partial charge on any atom is 0.147 e. The summed E-state index contributed by atoms with van der Waals surface area (Å²) in [6.07, 6.45) is 1.61. The van der Waals surface area contributed by atoms with Crippen LogP contribution in [0.25, 0.3) is 0 Å². The topological polar surface area (TPSA) is 22.1 Å². The highest BCUT2D eigenvalue weighted by Gasteiger charge is 2.10. The Bertz CT molecular complexity index is 601. The number of ether oxygens (including phenoxy) is 1. The second-order valence-corrected chi connectivity index (χ2v) is 5.18. The molecule has 0 atom stereocenters. The van der Waals surface area contributed by atoms with E-state index >= 15 is 0 Å². The van der Waals surface area contributed by atoms with E-state index in [0.717, 1.165) is 5.56 Å². The maximum absolute atomic E-state index is 6.03. The van der Waals surface area contributed by atoms with Crippen LogP contribution >= 0.6 is 46.4 Å². The van der Waals surface area contributed by atoms with Crippen LogP contribution in [-0.4, -0.2) is 4.98 Å². The van der Waals surface area contributed by atoms with Gasteiger partial charge in [-0.15, -0.1) is 0 Å². The first-order valence-electron chi connectivity index (χ1n) is 4.92. The summed E-state index contributed by atoms with van der Waals surface area (Å²) >= 11 is 23.6. The zero-order valence-corrected chi connectivity index (χ0v) is 12.2. The molecule has 1 aromatic carbocycles. The van der Waals surface area contributed by atoms with Crippen molar-refractivity contribution < 1.29 is 4.74 Å². The first-order valence-corrected chi connectivity index (χ1v) is 6.43. The molecular formula is C12H7Cl4NO. The summed E-state index contributed by atoms with van der Waals surface area (Å²) in [5, 5.41) is 1.45. The molecule has 0 N–H and O–H groups in total. The van der Waals surface area contributed by atoms with Gasteiger partial charge in [0.1, 0.15) is 16.7 Å². The molecule has 0 saturated carbocycles. The molecule has 0 aliphatic carbocycles. The second-order valence-electron chi connectivity index (χ2n) is 3.57. The number of hydrogen-bond acceptors (Lipinski definition) is 2. The first-order chi connectivity index (χ1) is 8.47. The van der Waals surface area contributed by atoms with Crippen molar-refractivity contribution in [1.29, 1.82) is 0 Å². The third kappa shape index (κ3) is 3.01. The van der Waals surface area contributed by atoms with Crippen LogP contribution in [0.3, 0.4) is 0 Å². The Morgan fingerprint density at radius 1 is 0.889 bits per heavy atom. The van der Waals surface area contributed by atoms with Crippen molar-refractivity contribution in [3.05, 3.63) is 50.2 Å². The van der Waals surface area contributed by atoms with E-state index in [0.29, 0.717) is 31.7 Å². The van der Waals surface area contributed by atoms with Gasteiger partial charge in [0.05, 0.1) is 15.1 Å². The van der Waals surface area contributed by atoms with E-state index in [1.54, 1.807) is 18.3 Å². The van der Waals surface area contributed by atoms with Crippen LogP contribution in [0, 0.1) is 6.92 Å². The third-order valence-electron chi connectivity index (χ3n) is 2.22. The molecular weight excluding hydrogens is 316 g/mol. The van der Waals surface area contributed by atoms with Crippen LogP contribution in [0.4, 0.5) is 0 Å². The molecule has 0 amide bonds. The lowest BCUT2D eigenvalue weighted by molar-refractivity contribution is 0.478. The summed E-state index contributed by atoms with van der Waals surface area (Å²) in [7, 11) is 0. The summed E-state index contributed by atoms with van der Waals surface area (Å²) in [5.41, 5.74) is 0.835. The van der Waals surface area contributed by atoms with E-state index in [-0.39, 0.29) is 0 Å². The van der Waals surface area contributed by atoms with Crippen molar-refractivity contribution in [3.8, 4) is 11.5 Å². The zero-order chi connectivity index (χ0) is 13.3. The van der Waals surface area contributed by atoms with E-state index < -0.39 is 0 Å². The molecule has 0 fully saturated rings. The number of aromatic nitrogens is 1. The van der Waals surface area contributed by atoms with Crippen LogP contribution in [0.1, 0.15) is 5.56 Å². The summed E-state index contributed by atoms with van der Waals surface area (Å²) < 4.78 is 5.66. The van der Waals surface area contributed by atoms with Crippen LogP contribution in [0.15, 0.2) is 24.4 Å². The molecule has 0 aliphatic heterocycles. The van der Waals surface area contributed by atoms with Crippen LogP contribution in [0.5, 0.6) is 11.5 Å². The SMILES string of the molecule is Cc1cnc(Cl)cc1Oc1cc(Cl)c(Cl)cc1Cl. The number of nitrogens with zero attached hydrogens (tertiary/aromatic N) is 1. The Balaban J connectivity index is 2.40. The van der Waals surface area contributed by atoms with Gasteiger partial charge in [0, 0.05) is 23.9 Å². The van der Waals surface area contributed by atoms with Crippen LogP contribution < -0.4 is 4.74 Å². The van der Waals surface area contributed by atoms with E-state index in [2.05, 4.69) is 4.98 Å². The van der Waals surface area contributed by atoms with E-state index in [4.69, 9.17) is 51.1 Å². The Morgan fingerprint density at radius 2 is 1.56 bits per heavy atom. The Hall–Kier alpha value is -0.670. The number of halogens is 4. The van der Waals surface area contributed by atoms with Gasteiger partial charge in [-0.2, -0.15) is 0 Å². The molecule has 2 nitrogen and oxygen atoms in total. The lowest BCUT2D eigenvalue weighted by atomic mass is 10.3. The highest BCUT2D eigenvalue weighted by Crippen LogP contribution is 2.37. The zero-order valence-electron chi connectivity index (χ0n) is 9.18. The van der Waals surface area contributed by atoms with Gasteiger partial charge in [-0.3, -0.25) is 0 Å². The van der Waals surface area contributed by atoms with E-state index in [9.17, 15) is 0 Å². The highest BCUT2D eigenvalue weighted by molar-refractivity contribution is 6.43.